The van der Waals surface area contributed by atoms with Crippen molar-refractivity contribution < 1.29 is 22.8 Å². The molecule has 2 unspecified atom stereocenters. The van der Waals surface area contributed by atoms with E-state index in [-0.39, 0.29) is 23.4 Å². The minimum atomic E-state index is -4.33. The lowest BCUT2D eigenvalue weighted by Gasteiger charge is -2.55. The largest absolute Gasteiger partial charge is 0.389 e. The predicted molar refractivity (Wildman–Crippen MR) is 93.7 cm³/mol. The van der Waals surface area contributed by atoms with E-state index in [1.807, 2.05) is 4.90 Å². The first-order valence-electron chi connectivity index (χ1n) is 10.4. The third kappa shape index (κ3) is 3.46. The molecule has 7 heteroatoms. The SMILES string of the molecule is C[C@H](CC(F)(F)F)C(=O)N1CC2CCC1CN2C(=O)C12CCC(CC1)CC2. The van der Waals surface area contributed by atoms with Crippen LogP contribution in [0.2, 0.25) is 0 Å². The lowest BCUT2D eigenvalue weighted by Crippen LogP contribution is -2.67. The van der Waals surface area contributed by atoms with Crippen molar-refractivity contribution in [1.82, 2.24) is 9.80 Å². The lowest BCUT2D eigenvalue weighted by atomic mass is 9.60. The average Bonchev–Trinajstić information content (AvgIpc) is 2.67. The highest BCUT2D eigenvalue weighted by Crippen LogP contribution is 2.52. The maximum absolute atomic E-state index is 13.4. The predicted octanol–water partition coefficient (Wildman–Crippen LogP) is 3.75. The van der Waals surface area contributed by atoms with Crippen molar-refractivity contribution in [2.45, 2.75) is 83.0 Å². The first-order chi connectivity index (χ1) is 12.7. The number of hydrogen-bond acceptors (Lipinski definition) is 2. The molecular weight excluding hydrogens is 357 g/mol. The van der Waals surface area contributed by atoms with Gasteiger partial charge < -0.3 is 9.80 Å². The highest BCUT2D eigenvalue weighted by Gasteiger charge is 2.52. The molecule has 0 aromatic heterocycles. The molecule has 0 aromatic carbocycles. The van der Waals surface area contributed by atoms with E-state index in [0.717, 1.165) is 57.3 Å². The summed E-state index contributed by atoms with van der Waals surface area (Å²) in [6, 6.07) is -0.156. The number of carbonyl (C=O) groups excluding carboxylic acids is 2. The van der Waals surface area contributed by atoms with E-state index < -0.39 is 24.4 Å². The van der Waals surface area contributed by atoms with Gasteiger partial charge in [-0.1, -0.05) is 6.92 Å². The Hall–Kier alpha value is -1.27. The fraction of sp³-hybridized carbons (Fsp3) is 0.900. The summed E-state index contributed by atoms with van der Waals surface area (Å²) in [5.74, 6) is -0.419. The van der Waals surface area contributed by atoms with E-state index in [4.69, 9.17) is 0 Å². The van der Waals surface area contributed by atoms with E-state index >= 15 is 0 Å². The van der Waals surface area contributed by atoms with Gasteiger partial charge in [0.2, 0.25) is 11.8 Å². The quantitative estimate of drug-likeness (QED) is 0.741. The summed E-state index contributed by atoms with van der Waals surface area (Å²) >= 11 is 0. The second-order valence-corrected chi connectivity index (χ2v) is 9.32. The third-order valence-electron chi connectivity index (χ3n) is 7.58. The van der Waals surface area contributed by atoms with Crippen molar-refractivity contribution in [2.75, 3.05) is 13.1 Å². The molecule has 3 saturated carbocycles. The maximum atomic E-state index is 13.4. The molecule has 3 saturated heterocycles. The number of amides is 2. The highest BCUT2D eigenvalue weighted by atomic mass is 19.4. The number of piperazine rings is 1. The van der Waals surface area contributed by atoms with Crippen LogP contribution in [0.25, 0.3) is 0 Å². The number of rotatable bonds is 3. The second-order valence-electron chi connectivity index (χ2n) is 9.32. The molecule has 6 rings (SSSR count). The molecule has 27 heavy (non-hydrogen) atoms. The molecule has 4 bridgehead atoms. The summed E-state index contributed by atoms with van der Waals surface area (Å²) in [6.07, 6.45) is 2.62. The molecule has 4 nitrogen and oxygen atoms in total. The van der Waals surface area contributed by atoms with Crippen molar-refractivity contribution in [1.29, 1.82) is 0 Å². The van der Waals surface area contributed by atoms with Gasteiger partial charge in [-0.05, 0) is 57.3 Å². The van der Waals surface area contributed by atoms with Crippen molar-refractivity contribution in [3.05, 3.63) is 0 Å². The molecule has 3 heterocycles. The van der Waals surface area contributed by atoms with Crippen LogP contribution in [-0.2, 0) is 9.59 Å². The van der Waals surface area contributed by atoms with Gasteiger partial charge in [0.25, 0.3) is 0 Å². The first-order valence-corrected chi connectivity index (χ1v) is 10.4. The minimum absolute atomic E-state index is 0.0291. The summed E-state index contributed by atoms with van der Waals surface area (Å²) in [5, 5.41) is 0. The summed E-state index contributed by atoms with van der Waals surface area (Å²) in [5.41, 5.74) is -0.204. The Morgan fingerprint density at radius 1 is 0.963 bits per heavy atom. The fourth-order valence-electron chi connectivity index (χ4n) is 5.94. The average molecular weight is 386 g/mol. The molecule has 6 fully saturated rings. The van der Waals surface area contributed by atoms with Gasteiger partial charge in [0.1, 0.15) is 0 Å². The van der Waals surface area contributed by atoms with Crippen LogP contribution in [-0.4, -0.2) is 53.0 Å². The zero-order valence-corrected chi connectivity index (χ0v) is 15.9. The maximum Gasteiger partial charge on any atom is 0.389 e. The van der Waals surface area contributed by atoms with Crippen molar-refractivity contribution >= 4 is 11.8 Å². The smallest absolute Gasteiger partial charge is 0.336 e. The van der Waals surface area contributed by atoms with Gasteiger partial charge in [-0.15, -0.1) is 0 Å². The molecule has 3 aliphatic carbocycles. The third-order valence-corrected chi connectivity index (χ3v) is 7.58. The van der Waals surface area contributed by atoms with Gasteiger partial charge in [0.05, 0.1) is 6.42 Å². The fourth-order valence-corrected chi connectivity index (χ4v) is 5.94. The molecule has 0 N–H and O–H groups in total. The van der Waals surface area contributed by atoms with Crippen LogP contribution in [0.4, 0.5) is 13.2 Å². The zero-order valence-electron chi connectivity index (χ0n) is 15.9. The normalized spacial score (nSPS) is 36.8. The minimum Gasteiger partial charge on any atom is -0.336 e. The topological polar surface area (TPSA) is 40.6 Å². The van der Waals surface area contributed by atoms with E-state index in [9.17, 15) is 22.8 Å². The molecule has 0 aromatic rings. The summed E-state index contributed by atoms with van der Waals surface area (Å²) in [4.78, 5) is 29.6. The molecule has 2 amide bonds. The Bertz CT molecular complexity index is 599. The highest BCUT2D eigenvalue weighted by molar-refractivity contribution is 5.84. The zero-order chi connectivity index (χ0) is 19.4. The lowest BCUT2D eigenvalue weighted by molar-refractivity contribution is -0.170. The van der Waals surface area contributed by atoms with Crippen LogP contribution in [0, 0.1) is 17.3 Å². The molecule has 3 atom stereocenters. The Balaban J connectivity index is 1.43. The van der Waals surface area contributed by atoms with Crippen LogP contribution in [0.5, 0.6) is 0 Å². The summed E-state index contributed by atoms with van der Waals surface area (Å²) in [7, 11) is 0. The van der Waals surface area contributed by atoms with E-state index in [2.05, 4.69) is 0 Å². The summed E-state index contributed by atoms with van der Waals surface area (Å²) in [6.45, 7) is 2.26. The molecule has 3 aliphatic heterocycles. The number of alkyl halides is 3. The molecule has 0 spiro atoms. The van der Waals surface area contributed by atoms with E-state index in [1.54, 1.807) is 4.90 Å². The van der Waals surface area contributed by atoms with E-state index in [0.29, 0.717) is 13.1 Å². The van der Waals surface area contributed by atoms with Crippen LogP contribution in [0.15, 0.2) is 0 Å². The van der Waals surface area contributed by atoms with Gasteiger partial charge in [-0.2, -0.15) is 13.2 Å². The van der Waals surface area contributed by atoms with Crippen LogP contribution in [0.3, 0.4) is 0 Å². The Labute approximate surface area is 158 Å². The van der Waals surface area contributed by atoms with Gasteiger partial charge in [-0.3, -0.25) is 9.59 Å². The Morgan fingerprint density at radius 3 is 1.96 bits per heavy atom. The van der Waals surface area contributed by atoms with Crippen molar-refractivity contribution in [2.24, 2.45) is 17.3 Å². The van der Waals surface area contributed by atoms with Crippen molar-refractivity contribution in [3.8, 4) is 0 Å². The summed E-state index contributed by atoms with van der Waals surface area (Å²) < 4.78 is 38.0. The molecular formula is C20H29F3N2O2. The van der Waals surface area contributed by atoms with Crippen molar-refractivity contribution in [3.63, 3.8) is 0 Å². The number of nitrogens with zero attached hydrogens (tertiary/aromatic N) is 2. The number of hydrogen-bond donors (Lipinski definition) is 0. The first kappa shape index (κ1) is 19.1. The molecule has 6 aliphatic rings. The van der Waals surface area contributed by atoms with Crippen LogP contribution in [0.1, 0.15) is 64.7 Å². The van der Waals surface area contributed by atoms with Gasteiger partial charge in [0.15, 0.2) is 0 Å². The number of fused-ring (bicyclic) bond motifs is 6. The molecule has 0 radical (unpaired) electrons. The number of halogens is 3. The number of piperidine rings is 2. The van der Waals surface area contributed by atoms with Crippen LogP contribution >= 0.6 is 0 Å². The van der Waals surface area contributed by atoms with E-state index in [1.165, 1.54) is 6.92 Å². The van der Waals surface area contributed by atoms with Crippen LogP contribution < -0.4 is 0 Å². The Kier molecular flexibility index (Phi) is 4.70. The van der Waals surface area contributed by atoms with Gasteiger partial charge in [0, 0.05) is 36.5 Å². The Morgan fingerprint density at radius 2 is 1.48 bits per heavy atom. The van der Waals surface area contributed by atoms with Gasteiger partial charge in [-0.25, -0.2) is 0 Å². The second kappa shape index (κ2) is 6.66. The number of carbonyl (C=O) groups is 2. The monoisotopic (exact) mass is 386 g/mol. The van der Waals surface area contributed by atoms with Gasteiger partial charge >= 0.3 is 6.18 Å². The molecule has 152 valence electrons. The standard InChI is InChI=1S/C20H29F3N2O2/c1-13(10-20(21,22)23)17(26)24-11-16-3-2-15(24)12-25(16)18(27)19-7-4-14(5-8-19)6-9-19/h13-16H,2-12H2,1H3/t13-,14?,15?,16?,19?/m1/s1.